The van der Waals surface area contributed by atoms with Gasteiger partial charge in [-0.2, -0.15) is 0 Å². The monoisotopic (exact) mass is 293 g/mol. The maximum Gasteiger partial charge on any atom is 0.324 e. The number of carboxylic acid groups (broad SMARTS) is 1. The van der Waals surface area contributed by atoms with E-state index >= 15 is 0 Å². The summed E-state index contributed by atoms with van der Waals surface area (Å²) in [6, 6.07) is 0. The molecule has 0 radical (unpaired) electrons. The first-order chi connectivity index (χ1) is 8.60. The summed E-state index contributed by atoms with van der Waals surface area (Å²) in [6.07, 6.45) is 1.46. The minimum atomic E-state index is -4.03. The van der Waals surface area contributed by atoms with E-state index < -0.39 is 32.2 Å². The van der Waals surface area contributed by atoms with E-state index in [1.54, 1.807) is 0 Å². The van der Waals surface area contributed by atoms with Crippen molar-refractivity contribution in [3.05, 3.63) is 0 Å². The number of hydrogen-bond donors (Lipinski definition) is 1. The van der Waals surface area contributed by atoms with Gasteiger partial charge in [-0.1, -0.05) is 13.8 Å². The predicted octanol–water partition coefficient (Wildman–Crippen LogP) is 0.913. The standard InChI is InChI=1S/C12H23NO5S/c1-5-7-13(8-6-2)10(14)9-19(17,18)12(3,4)11(15)16/h5-9H2,1-4H3,(H,15,16). The zero-order valence-corrected chi connectivity index (χ0v) is 12.8. The summed E-state index contributed by atoms with van der Waals surface area (Å²) in [5.41, 5.74) is 0. The molecular formula is C12H23NO5S. The lowest BCUT2D eigenvalue weighted by Crippen LogP contribution is -2.46. The maximum atomic E-state index is 12.0. The first kappa shape index (κ1) is 17.9. The first-order valence-corrected chi connectivity index (χ1v) is 7.98. The first-order valence-electron chi connectivity index (χ1n) is 6.33. The van der Waals surface area contributed by atoms with Gasteiger partial charge in [0.15, 0.2) is 14.6 Å². The van der Waals surface area contributed by atoms with Crippen molar-refractivity contribution in [2.75, 3.05) is 18.8 Å². The van der Waals surface area contributed by atoms with Crippen LogP contribution >= 0.6 is 0 Å². The Hall–Kier alpha value is -1.11. The Bertz CT molecular complexity index is 421. The van der Waals surface area contributed by atoms with Crippen LogP contribution in [0.1, 0.15) is 40.5 Å². The lowest BCUT2D eigenvalue weighted by Gasteiger charge is -2.24. The Morgan fingerprint density at radius 3 is 1.84 bits per heavy atom. The van der Waals surface area contributed by atoms with Crippen LogP contribution in [0.3, 0.4) is 0 Å². The molecule has 7 heteroatoms. The van der Waals surface area contributed by atoms with E-state index in [9.17, 15) is 18.0 Å². The fraction of sp³-hybridized carbons (Fsp3) is 0.833. The Morgan fingerprint density at radius 2 is 1.53 bits per heavy atom. The molecule has 0 aromatic carbocycles. The molecule has 0 aliphatic rings. The van der Waals surface area contributed by atoms with Crippen molar-refractivity contribution in [1.82, 2.24) is 4.90 Å². The van der Waals surface area contributed by atoms with Gasteiger partial charge in [-0.05, 0) is 26.7 Å². The third-order valence-corrected chi connectivity index (χ3v) is 5.30. The van der Waals surface area contributed by atoms with Crippen molar-refractivity contribution in [2.24, 2.45) is 0 Å². The number of amides is 1. The molecule has 1 amide bonds. The highest BCUT2D eigenvalue weighted by atomic mass is 32.2. The third-order valence-electron chi connectivity index (χ3n) is 2.95. The highest BCUT2D eigenvalue weighted by Crippen LogP contribution is 2.18. The highest BCUT2D eigenvalue weighted by Gasteiger charge is 2.43. The van der Waals surface area contributed by atoms with Crippen LogP contribution in [0.5, 0.6) is 0 Å². The zero-order chi connectivity index (χ0) is 15.3. The van der Waals surface area contributed by atoms with E-state index in [-0.39, 0.29) is 0 Å². The van der Waals surface area contributed by atoms with Crippen LogP contribution in [0.25, 0.3) is 0 Å². The molecule has 0 saturated heterocycles. The molecule has 112 valence electrons. The van der Waals surface area contributed by atoms with Crippen molar-refractivity contribution in [3.63, 3.8) is 0 Å². The second kappa shape index (κ2) is 6.88. The van der Waals surface area contributed by atoms with Gasteiger partial charge in [-0.25, -0.2) is 8.42 Å². The smallest absolute Gasteiger partial charge is 0.324 e. The summed E-state index contributed by atoms with van der Waals surface area (Å²) in [5, 5.41) is 8.93. The van der Waals surface area contributed by atoms with Crippen LogP contribution in [0.4, 0.5) is 0 Å². The van der Waals surface area contributed by atoms with Gasteiger partial charge in [-0.15, -0.1) is 0 Å². The predicted molar refractivity (Wildman–Crippen MR) is 72.7 cm³/mol. The number of carbonyl (C=O) groups is 2. The van der Waals surface area contributed by atoms with Crippen molar-refractivity contribution in [1.29, 1.82) is 0 Å². The van der Waals surface area contributed by atoms with E-state index in [1.165, 1.54) is 4.90 Å². The largest absolute Gasteiger partial charge is 0.480 e. The van der Waals surface area contributed by atoms with E-state index in [4.69, 9.17) is 5.11 Å². The molecule has 0 fully saturated rings. The fourth-order valence-corrected chi connectivity index (χ4v) is 2.60. The van der Waals surface area contributed by atoms with E-state index in [1.807, 2.05) is 13.8 Å². The van der Waals surface area contributed by atoms with Gasteiger partial charge < -0.3 is 10.0 Å². The normalized spacial score (nSPS) is 12.2. The zero-order valence-electron chi connectivity index (χ0n) is 12.0. The van der Waals surface area contributed by atoms with Crippen LogP contribution in [-0.4, -0.2) is 53.9 Å². The minimum absolute atomic E-state index is 0.482. The van der Waals surface area contributed by atoms with Crippen LogP contribution < -0.4 is 0 Å². The summed E-state index contributed by atoms with van der Waals surface area (Å²) in [4.78, 5) is 24.4. The molecule has 0 aliphatic carbocycles. The molecule has 0 atom stereocenters. The molecule has 0 unspecified atom stereocenters. The molecular weight excluding hydrogens is 270 g/mol. The SMILES string of the molecule is CCCN(CCC)C(=O)CS(=O)(=O)C(C)(C)C(=O)O. The second-order valence-electron chi connectivity index (χ2n) is 4.96. The van der Waals surface area contributed by atoms with Gasteiger partial charge in [0.2, 0.25) is 5.91 Å². The van der Waals surface area contributed by atoms with Gasteiger partial charge in [0.05, 0.1) is 0 Å². The molecule has 0 aromatic heterocycles. The minimum Gasteiger partial charge on any atom is -0.480 e. The van der Waals surface area contributed by atoms with Gasteiger partial charge in [0.25, 0.3) is 0 Å². The summed E-state index contributed by atoms with van der Waals surface area (Å²) in [7, 11) is -4.03. The molecule has 1 N–H and O–H groups in total. The van der Waals surface area contributed by atoms with Crippen molar-refractivity contribution in [2.45, 2.75) is 45.3 Å². The van der Waals surface area contributed by atoms with Crippen LogP contribution in [0.15, 0.2) is 0 Å². The third kappa shape index (κ3) is 4.49. The molecule has 0 heterocycles. The lowest BCUT2D eigenvalue weighted by molar-refractivity contribution is -0.139. The number of rotatable bonds is 8. The Labute approximate surface area is 114 Å². The van der Waals surface area contributed by atoms with E-state index in [0.717, 1.165) is 26.7 Å². The number of carboxylic acids is 1. The Balaban J connectivity index is 5.02. The average Bonchev–Trinajstić information content (AvgIpc) is 2.27. The molecule has 0 aromatic rings. The van der Waals surface area contributed by atoms with E-state index in [0.29, 0.717) is 13.1 Å². The van der Waals surface area contributed by atoms with E-state index in [2.05, 4.69) is 0 Å². The van der Waals surface area contributed by atoms with Crippen molar-refractivity contribution < 1.29 is 23.1 Å². The summed E-state index contributed by atoms with van der Waals surface area (Å²) >= 11 is 0. The maximum absolute atomic E-state index is 12.0. The number of nitrogens with zero attached hydrogens (tertiary/aromatic N) is 1. The molecule has 0 spiro atoms. The van der Waals surface area contributed by atoms with Gasteiger partial charge >= 0.3 is 5.97 Å². The van der Waals surface area contributed by atoms with Crippen LogP contribution in [0, 0.1) is 0 Å². The molecule has 0 bridgehead atoms. The van der Waals surface area contributed by atoms with Gasteiger partial charge in [-0.3, -0.25) is 9.59 Å². The lowest BCUT2D eigenvalue weighted by atomic mass is 10.2. The van der Waals surface area contributed by atoms with Gasteiger partial charge in [0, 0.05) is 13.1 Å². The van der Waals surface area contributed by atoms with Gasteiger partial charge in [0.1, 0.15) is 5.75 Å². The second-order valence-corrected chi connectivity index (χ2v) is 7.49. The highest BCUT2D eigenvalue weighted by molar-refractivity contribution is 7.94. The number of carbonyl (C=O) groups excluding carboxylic acids is 1. The molecule has 6 nitrogen and oxygen atoms in total. The number of sulfone groups is 1. The summed E-state index contributed by atoms with van der Waals surface area (Å²) < 4.78 is 22.0. The Kier molecular flexibility index (Phi) is 6.48. The molecule has 0 saturated carbocycles. The number of aliphatic carboxylic acids is 1. The van der Waals surface area contributed by atoms with Crippen LogP contribution in [0.2, 0.25) is 0 Å². The quantitative estimate of drug-likeness (QED) is 0.718. The van der Waals surface area contributed by atoms with Crippen LogP contribution in [-0.2, 0) is 19.4 Å². The average molecular weight is 293 g/mol. The summed E-state index contributed by atoms with van der Waals surface area (Å²) in [5.74, 6) is -2.73. The number of hydrogen-bond acceptors (Lipinski definition) is 4. The topological polar surface area (TPSA) is 91.8 Å². The molecule has 19 heavy (non-hydrogen) atoms. The van der Waals surface area contributed by atoms with Crippen molar-refractivity contribution >= 4 is 21.7 Å². The summed E-state index contributed by atoms with van der Waals surface area (Å²) in [6.45, 7) is 6.95. The fourth-order valence-electron chi connectivity index (χ4n) is 1.47. The molecule has 0 aliphatic heterocycles. The molecule has 0 rings (SSSR count). The van der Waals surface area contributed by atoms with Crippen molar-refractivity contribution in [3.8, 4) is 0 Å². The Morgan fingerprint density at radius 1 is 1.11 bits per heavy atom.